The van der Waals surface area contributed by atoms with Crippen LogP contribution < -0.4 is 9.47 Å². The van der Waals surface area contributed by atoms with Gasteiger partial charge in [-0.3, -0.25) is 4.57 Å². The number of hydrogen-bond acceptors (Lipinski definition) is 6. The largest absolute Gasteiger partial charge is 0.497 e. The Morgan fingerprint density at radius 1 is 0.875 bits per heavy atom. The van der Waals surface area contributed by atoms with Gasteiger partial charge in [0.25, 0.3) is 0 Å². The lowest BCUT2D eigenvalue weighted by molar-refractivity contribution is 0.413. The molecule has 0 saturated carbocycles. The molecule has 0 unspecified atom stereocenters. The summed E-state index contributed by atoms with van der Waals surface area (Å²) in [5.41, 5.74) is 4.80. The maximum atomic E-state index is 5.58. The van der Waals surface area contributed by atoms with Gasteiger partial charge in [-0.1, -0.05) is 41.2 Å². The molecule has 0 saturated heterocycles. The second-order valence-corrected chi connectivity index (χ2v) is 8.06. The second-order valence-electron chi connectivity index (χ2n) is 7.12. The van der Waals surface area contributed by atoms with Crippen molar-refractivity contribution < 1.29 is 14.0 Å². The van der Waals surface area contributed by atoms with Crippen LogP contribution in [0.3, 0.4) is 0 Å². The highest BCUT2D eigenvalue weighted by Crippen LogP contribution is 2.32. The highest BCUT2D eigenvalue weighted by Gasteiger charge is 2.15. The molecule has 5 rings (SSSR count). The summed E-state index contributed by atoms with van der Waals surface area (Å²) in [6, 6.07) is 25.8. The summed E-state index contributed by atoms with van der Waals surface area (Å²) < 4.78 is 18.3. The molecule has 32 heavy (non-hydrogen) atoms. The average Bonchev–Trinajstić information content (AvgIpc) is 3.47. The van der Waals surface area contributed by atoms with Gasteiger partial charge in [0.15, 0.2) is 10.9 Å². The number of nitrogens with zero attached hydrogens (tertiary/aromatic N) is 3. The Bertz CT molecular complexity index is 1360. The lowest BCUT2D eigenvalue weighted by Crippen LogP contribution is -1.97. The van der Waals surface area contributed by atoms with Gasteiger partial charge < -0.3 is 14.0 Å². The molecule has 0 N–H and O–H groups in total. The fourth-order valence-electron chi connectivity index (χ4n) is 3.51. The number of aromatic nitrogens is 3. The first kappa shape index (κ1) is 20.2. The second kappa shape index (κ2) is 8.80. The summed E-state index contributed by atoms with van der Waals surface area (Å²) in [5, 5.41) is 5.14. The van der Waals surface area contributed by atoms with E-state index in [-0.39, 0.29) is 0 Å². The maximum absolute atomic E-state index is 5.58. The number of fused-ring (bicyclic) bond motifs is 1. The Balaban J connectivity index is 1.43. The highest BCUT2D eigenvalue weighted by molar-refractivity contribution is 7.98. The van der Waals surface area contributed by atoms with Crippen molar-refractivity contribution in [2.45, 2.75) is 10.9 Å². The van der Waals surface area contributed by atoms with Crippen molar-refractivity contribution in [3.8, 4) is 28.5 Å². The smallest absolute Gasteiger partial charge is 0.174 e. The van der Waals surface area contributed by atoms with E-state index >= 15 is 0 Å². The van der Waals surface area contributed by atoms with E-state index < -0.39 is 0 Å². The molecule has 0 bridgehead atoms. The molecule has 0 aliphatic carbocycles. The molecule has 2 heterocycles. The Morgan fingerprint density at radius 2 is 1.69 bits per heavy atom. The molecule has 5 aromatic rings. The van der Waals surface area contributed by atoms with Crippen LogP contribution in [0, 0.1) is 0 Å². The van der Waals surface area contributed by atoms with Crippen LogP contribution in [0.1, 0.15) is 5.69 Å². The zero-order valence-electron chi connectivity index (χ0n) is 17.7. The summed E-state index contributed by atoms with van der Waals surface area (Å²) in [4.78, 5) is 4.85. The third-order valence-corrected chi connectivity index (χ3v) is 6.10. The van der Waals surface area contributed by atoms with Gasteiger partial charge in [0.1, 0.15) is 11.5 Å². The molecule has 2 aromatic heterocycles. The van der Waals surface area contributed by atoms with Crippen molar-refractivity contribution in [1.29, 1.82) is 0 Å². The van der Waals surface area contributed by atoms with Crippen LogP contribution in [-0.4, -0.2) is 28.9 Å². The topological polar surface area (TPSA) is 62.3 Å². The standard InChI is InChI=1S/C25H21N3O3S/c1-29-20-12-10-19(11-13-20)28-23-9-4-3-8-22(23)26-25(28)32-16-18-15-24(31-27-18)17-6-5-7-21(14-17)30-2/h3-15H,16H2,1-2H3. The number of hydrogen-bond donors (Lipinski definition) is 0. The molecule has 0 atom stereocenters. The summed E-state index contributed by atoms with van der Waals surface area (Å²) in [6.45, 7) is 0. The van der Waals surface area contributed by atoms with Crippen molar-refractivity contribution in [1.82, 2.24) is 14.7 Å². The summed E-state index contributed by atoms with van der Waals surface area (Å²) in [7, 11) is 3.32. The minimum absolute atomic E-state index is 0.632. The zero-order valence-corrected chi connectivity index (χ0v) is 18.5. The molecule has 0 amide bonds. The molecule has 3 aromatic carbocycles. The zero-order chi connectivity index (χ0) is 21.9. The van der Waals surface area contributed by atoms with Crippen LogP contribution in [0.25, 0.3) is 28.0 Å². The minimum Gasteiger partial charge on any atom is -0.497 e. The van der Waals surface area contributed by atoms with E-state index in [1.54, 1.807) is 26.0 Å². The van der Waals surface area contributed by atoms with Crippen LogP contribution in [0.4, 0.5) is 0 Å². The maximum Gasteiger partial charge on any atom is 0.174 e. The summed E-state index contributed by atoms with van der Waals surface area (Å²) >= 11 is 1.62. The third kappa shape index (κ3) is 3.94. The van der Waals surface area contributed by atoms with Gasteiger partial charge in [0, 0.05) is 23.1 Å². The number of methoxy groups -OCH3 is 2. The van der Waals surface area contributed by atoms with Crippen molar-refractivity contribution in [3.05, 3.63) is 84.6 Å². The number of benzene rings is 3. The van der Waals surface area contributed by atoms with Gasteiger partial charge in [-0.2, -0.15) is 0 Å². The van der Waals surface area contributed by atoms with E-state index in [2.05, 4.69) is 15.8 Å². The Labute approximate surface area is 189 Å². The first-order chi connectivity index (χ1) is 15.7. The number of ether oxygens (including phenoxy) is 2. The van der Waals surface area contributed by atoms with Crippen LogP contribution in [0.2, 0.25) is 0 Å². The highest BCUT2D eigenvalue weighted by atomic mass is 32.2. The molecule has 0 radical (unpaired) electrons. The fourth-order valence-corrected chi connectivity index (χ4v) is 4.42. The predicted molar refractivity (Wildman–Crippen MR) is 126 cm³/mol. The van der Waals surface area contributed by atoms with Crippen LogP contribution >= 0.6 is 11.8 Å². The Morgan fingerprint density at radius 3 is 2.50 bits per heavy atom. The van der Waals surface area contributed by atoms with Gasteiger partial charge in [0.05, 0.1) is 30.9 Å². The Kier molecular flexibility index (Phi) is 5.56. The molecular weight excluding hydrogens is 422 g/mol. The van der Waals surface area contributed by atoms with E-state index in [1.807, 2.05) is 72.8 Å². The predicted octanol–water partition coefficient (Wildman–Crippen LogP) is 5.99. The lowest BCUT2D eigenvalue weighted by atomic mass is 10.1. The van der Waals surface area contributed by atoms with Gasteiger partial charge in [-0.25, -0.2) is 4.98 Å². The van der Waals surface area contributed by atoms with Crippen LogP contribution in [0.5, 0.6) is 11.5 Å². The average molecular weight is 444 g/mol. The van der Waals surface area contributed by atoms with E-state index in [9.17, 15) is 0 Å². The van der Waals surface area contributed by atoms with Crippen molar-refractivity contribution in [3.63, 3.8) is 0 Å². The lowest BCUT2D eigenvalue weighted by Gasteiger charge is -2.09. The van der Waals surface area contributed by atoms with Crippen molar-refractivity contribution >= 4 is 22.8 Å². The van der Waals surface area contributed by atoms with Crippen LogP contribution in [-0.2, 0) is 5.75 Å². The first-order valence-electron chi connectivity index (χ1n) is 10.1. The van der Waals surface area contributed by atoms with E-state index in [0.717, 1.165) is 44.6 Å². The first-order valence-corrected chi connectivity index (χ1v) is 11.1. The quantitative estimate of drug-likeness (QED) is 0.288. The van der Waals surface area contributed by atoms with Gasteiger partial charge in [0.2, 0.25) is 0 Å². The molecule has 0 fully saturated rings. The van der Waals surface area contributed by atoms with Crippen molar-refractivity contribution in [2.24, 2.45) is 0 Å². The number of imidazole rings is 1. The van der Waals surface area contributed by atoms with E-state index in [4.69, 9.17) is 19.0 Å². The minimum atomic E-state index is 0.632. The summed E-state index contributed by atoms with van der Waals surface area (Å²) in [5.74, 6) is 2.94. The Hall–Kier alpha value is -3.71. The molecule has 160 valence electrons. The number of rotatable bonds is 7. The molecule has 0 spiro atoms. The monoisotopic (exact) mass is 443 g/mol. The summed E-state index contributed by atoms with van der Waals surface area (Å²) in [6.07, 6.45) is 0. The molecule has 7 heteroatoms. The van der Waals surface area contributed by atoms with Gasteiger partial charge in [-0.05, 0) is 48.5 Å². The molecule has 0 aliphatic rings. The number of para-hydroxylation sites is 2. The third-order valence-electron chi connectivity index (χ3n) is 5.12. The molecule has 6 nitrogen and oxygen atoms in total. The molecular formula is C25H21N3O3S. The number of thioether (sulfide) groups is 1. The fraction of sp³-hybridized carbons (Fsp3) is 0.120. The van der Waals surface area contributed by atoms with Gasteiger partial charge >= 0.3 is 0 Å². The molecule has 0 aliphatic heterocycles. The van der Waals surface area contributed by atoms with Gasteiger partial charge in [-0.15, -0.1) is 0 Å². The normalized spacial score (nSPS) is 11.1. The van der Waals surface area contributed by atoms with Crippen LogP contribution in [0.15, 0.2) is 88.5 Å². The van der Waals surface area contributed by atoms with E-state index in [1.165, 1.54) is 0 Å². The van der Waals surface area contributed by atoms with E-state index in [0.29, 0.717) is 11.5 Å². The van der Waals surface area contributed by atoms with Crippen molar-refractivity contribution in [2.75, 3.05) is 14.2 Å². The SMILES string of the molecule is COc1ccc(-n2c(SCc3cc(-c4cccc(OC)c4)on3)nc3ccccc32)cc1.